The van der Waals surface area contributed by atoms with Gasteiger partial charge < -0.3 is 4.57 Å². The van der Waals surface area contributed by atoms with E-state index in [1.807, 2.05) is 6.08 Å². The van der Waals surface area contributed by atoms with Crippen LogP contribution in [-0.4, -0.2) is 11.1 Å². The molecule has 2 heteroatoms. The minimum atomic E-state index is 0.833. The summed E-state index contributed by atoms with van der Waals surface area (Å²) in [5.74, 6) is 0. The maximum absolute atomic E-state index is 3.67. The second-order valence-corrected chi connectivity index (χ2v) is 3.25. The fraction of sp³-hybridized carbons (Fsp3) is 0.167. The monoisotopic (exact) mass is 186 g/mol. The number of nitrogens with one attached hydrogen (secondary N) is 1. The van der Waals surface area contributed by atoms with Crippen LogP contribution in [0.1, 0.15) is 0 Å². The van der Waals surface area contributed by atoms with Crippen molar-refractivity contribution in [2.45, 2.75) is 6.67 Å². The summed E-state index contributed by atoms with van der Waals surface area (Å²) in [4.78, 5) is 0. The molecule has 0 atom stereocenters. The van der Waals surface area contributed by atoms with Crippen molar-refractivity contribution >= 4 is 10.9 Å². The molecule has 1 aromatic carbocycles. The third-order valence-corrected chi connectivity index (χ3v) is 2.25. The summed E-state index contributed by atoms with van der Waals surface area (Å²) in [6.45, 7) is 5.34. The lowest BCUT2D eigenvalue weighted by molar-refractivity contribution is 0.608. The third-order valence-electron chi connectivity index (χ3n) is 2.25. The Morgan fingerprint density at radius 3 is 3.00 bits per heavy atom. The zero-order chi connectivity index (χ0) is 9.80. The van der Waals surface area contributed by atoms with Gasteiger partial charge in [-0.25, -0.2) is 0 Å². The van der Waals surface area contributed by atoms with Gasteiger partial charge >= 0.3 is 0 Å². The first-order valence-corrected chi connectivity index (χ1v) is 4.77. The fourth-order valence-electron chi connectivity index (χ4n) is 1.57. The third kappa shape index (κ3) is 1.70. The SMILES string of the molecule is C=CCNCn1ccc2ccccc21. The van der Waals surface area contributed by atoms with E-state index >= 15 is 0 Å². The quantitative estimate of drug-likeness (QED) is 0.573. The van der Waals surface area contributed by atoms with Crippen molar-refractivity contribution in [3.05, 3.63) is 49.2 Å². The van der Waals surface area contributed by atoms with E-state index in [0.717, 1.165) is 13.2 Å². The number of hydrogen-bond donors (Lipinski definition) is 1. The molecule has 0 saturated heterocycles. The fourth-order valence-corrected chi connectivity index (χ4v) is 1.57. The second kappa shape index (κ2) is 4.11. The van der Waals surface area contributed by atoms with E-state index in [4.69, 9.17) is 0 Å². The highest BCUT2D eigenvalue weighted by atomic mass is 15.1. The summed E-state index contributed by atoms with van der Waals surface area (Å²) in [5, 5.41) is 4.56. The molecule has 72 valence electrons. The van der Waals surface area contributed by atoms with Crippen LogP contribution < -0.4 is 5.32 Å². The normalized spacial score (nSPS) is 10.6. The number of benzene rings is 1. The molecule has 1 heterocycles. The minimum Gasteiger partial charge on any atom is -0.334 e. The minimum absolute atomic E-state index is 0.833. The van der Waals surface area contributed by atoms with Crippen LogP contribution in [0.15, 0.2) is 49.2 Å². The molecule has 2 nitrogen and oxygen atoms in total. The van der Waals surface area contributed by atoms with E-state index in [1.54, 1.807) is 0 Å². The van der Waals surface area contributed by atoms with Gasteiger partial charge in [0.15, 0.2) is 0 Å². The second-order valence-electron chi connectivity index (χ2n) is 3.25. The number of aromatic nitrogens is 1. The number of hydrogen-bond acceptors (Lipinski definition) is 1. The molecule has 0 aliphatic heterocycles. The smallest absolute Gasteiger partial charge is 0.0728 e. The maximum Gasteiger partial charge on any atom is 0.0728 e. The van der Waals surface area contributed by atoms with E-state index in [2.05, 4.69) is 53.0 Å². The van der Waals surface area contributed by atoms with Gasteiger partial charge in [-0.2, -0.15) is 0 Å². The van der Waals surface area contributed by atoms with Gasteiger partial charge in [0.2, 0.25) is 0 Å². The Morgan fingerprint density at radius 2 is 2.14 bits per heavy atom. The lowest BCUT2D eigenvalue weighted by Gasteiger charge is -2.05. The largest absolute Gasteiger partial charge is 0.334 e. The van der Waals surface area contributed by atoms with Crippen LogP contribution in [0.4, 0.5) is 0 Å². The van der Waals surface area contributed by atoms with Gasteiger partial charge in [-0.15, -0.1) is 6.58 Å². The molecule has 0 fully saturated rings. The maximum atomic E-state index is 3.67. The lowest BCUT2D eigenvalue weighted by Crippen LogP contribution is -2.17. The predicted octanol–water partition coefficient (Wildman–Crippen LogP) is 2.37. The first-order valence-electron chi connectivity index (χ1n) is 4.77. The molecule has 0 unspecified atom stereocenters. The molecule has 1 N–H and O–H groups in total. The Labute approximate surface area is 83.9 Å². The van der Waals surface area contributed by atoms with Crippen molar-refractivity contribution in [2.75, 3.05) is 6.54 Å². The highest BCUT2D eigenvalue weighted by molar-refractivity contribution is 5.79. The van der Waals surface area contributed by atoms with Crippen LogP contribution in [0.3, 0.4) is 0 Å². The van der Waals surface area contributed by atoms with Crippen LogP contribution in [-0.2, 0) is 6.67 Å². The van der Waals surface area contributed by atoms with E-state index in [9.17, 15) is 0 Å². The van der Waals surface area contributed by atoms with Gasteiger partial charge in [-0.3, -0.25) is 5.32 Å². The molecule has 1 aromatic heterocycles. The lowest BCUT2D eigenvalue weighted by atomic mass is 10.2. The summed E-state index contributed by atoms with van der Waals surface area (Å²) in [7, 11) is 0. The zero-order valence-electron chi connectivity index (χ0n) is 8.11. The average Bonchev–Trinajstić information content (AvgIpc) is 2.63. The average molecular weight is 186 g/mol. The molecule has 0 aliphatic rings. The number of rotatable bonds is 4. The molecule has 0 bridgehead atoms. The van der Waals surface area contributed by atoms with Crippen LogP contribution >= 0.6 is 0 Å². The van der Waals surface area contributed by atoms with Crippen molar-refractivity contribution in [3.63, 3.8) is 0 Å². The van der Waals surface area contributed by atoms with Crippen molar-refractivity contribution in [1.29, 1.82) is 0 Å². The van der Waals surface area contributed by atoms with Gasteiger partial charge in [0, 0.05) is 18.3 Å². The van der Waals surface area contributed by atoms with Gasteiger partial charge in [0.1, 0.15) is 0 Å². The zero-order valence-corrected chi connectivity index (χ0v) is 8.11. The molecule has 0 amide bonds. The Hall–Kier alpha value is -1.54. The van der Waals surface area contributed by atoms with Crippen LogP contribution in [0.2, 0.25) is 0 Å². The molecular formula is C12H14N2. The van der Waals surface area contributed by atoms with E-state index in [-0.39, 0.29) is 0 Å². The van der Waals surface area contributed by atoms with Gasteiger partial charge in [0.25, 0.3) is 0 Å². The molecule has 0 spiro atoms. The highest BCUT2D eigenvalue weighted by Crippen LogP contribution is 2.13. The number of para-hydroxylation sites is 1. The summed E-state index contributed by atoms with van der Waals surface area (Å²) >= 11 is 0. The summed E-state index contributed by atoms with van der Waals surface area (Å²) in [6, 6.07) is 10.5. The highest BCUT2D eigenvalue weighted by Gasteiger charge is 1.97. The first-order chi connectivity index (χ1) is 6.92. The summed E-state index contributed by atoms with van der Waals surface area (Å²) < 4.78 is 2.19. The van der Waals surface area contributed by atoms with Crippen LogP contribution in [0.25, 0.3) is 10.9 Å². The van der Waals surface area contributed by atoms with E-state index in [0.29, 0.717) is 0 Å². The Morgan fingerprint density at radius 1 is 1.29 bits per heavy atom. The molecular weight excluding hydrogens is 172 g/mol. The Balaban J connectivity index is 2.20. The van der Waals surface area contributed by atoms with E-state index < -0.39 is 0 Å². The molecule has 0 saturated carbocycles. The molecule has 0 aliphatic carbocycles. The molecule has 0 radical (unpaired) electrons. The summed E-state index contributed by atoms with van der Waals surface area (Å²) in [6.07, 6.45) is 3.96. The van der Waals surface area contributed by atoms with Crippen molar-refractivity contribution in [1.82, 2.24) is 9.88 Å². The van der Waals surface area contributed by atoms with E-state index in [1.165, 1.54) is 10.9 Å². The first kappa shape index (κ1) is 9.03. The molecule has 2 rings (SSSR count). The van der Waals surface area contributed by atoms with Crippen molar-refractivity contribution in [2.24, 2.45) is 0 Å². The Kier molecular flexibility index (Phi) is 2.65. The van der Waals surface area contributed by atoms with Crippen molar-refractivity contribution < 1.29 is 0 Å². The number of nitrogens with zero attached hydrogens (tertiary/aromatic N) is 1. The van der Waals surface area contributed by atoms with Crippen molar-refractivity contribution in [3.8, 4) is 0 Å². The van der Waals surface area contributed by atoms with Gasteiger partial charge in [-0.05, 0) is 17.5 Å². The predicted molar refractivity (Wildman–Crippen MR) is 60.1 cm³/mol. The number of fused-ring (bicyclic) bond motifs is 1. The van der Waals surface area contributed by atoms with Crippen LogP contribution in [0.5, 0.6) is 0 Å². The van der Waals surface area contributed by atoms with Gasteiger partial charge in [0.05, 0.1) is 6.67 Å². The Bertz CT molecular complexity index is 429. The standard InChI is InChI=1S/C12H14N2/c1-2-8-13-10-14-9-7-11-5-3-4-6-12(11)14/h2-7,9,13H,1,8,10H2. The summed E-state index contributed by atoms with van der Waals surface area (Å²) in [5.41, 5.74) is 1.27. The van der Waals surface area contributed by atoms with Crippen LogP contribution in [0, 0.1) is 0 Å². The molecule has 14 heavy (non-hydrogen) atoms. The molecule has 2 aromatic rings. The van der Waals surface area contributed by atoms with Gasteiger partial charge in [-0.1, -0.05) is 24.3 Å². The topological polar surface area (TPSA) is 17.0 Å².